The molecule has 0 radical (unpaired) electrons. The Balaban J connectivity index is 2.67. The summed E-state index contributed by atoms with van der Waals surface area (Å²) in [6.07, 6.45) is 0. The van der Waals surface area contributed by atoms with Crippen LogP contribution in [0.5, 0.6) is 0 Å². The van der Waals surface area contributed by atoms with Crippen molar-refractivity contribution in [3.05, 3.63) is 71.8 Å². The van der Waals surface area contributed by atoms with E-state index in [2.05, 4.69) is 6.07 Å². The van der Waals surface area contributed by atoms with Gasteiger partial charge < -0.3 is 0 Å². The zero-order valence-electron chi connectivity index (χ0n) is 10.9. The Morgan fingerprint density at radius 3 is 1.74 bits per heavy atom. The van der Waals surface area contributed by atoms with E-state index in [1.54, 1.807) is 0 Å². The van der Waals surface area contributed by atoms with Crippen molar-refractivity contribution in [2.75, 3.05) is 5.88 Å². The topological polar surface area (TPSA) is 23.8 Å². The van der Waals surface area contributed by atoms with Crippen molar-refractivity contribution in [3.63, 3.8) is 0 Å². The number of rotatable bonds is 4. The maximum atomic E-state index is 9.88. The third kappa shape index (κ3) is 2.37. The lowest BCUT2D eigenvalue weighted by Gasteiger charge is -2.33. The fourth-order valence-electron chi connectivity index (χ4n) is 2.49. The highest BCUT2D eigenvalue weighted by molar-refractivity contribution is 6.18. The van der Waals surface area contributed by atoms with Crippen LogP contribution in [0.15, 0.2) is 60.7 Å². The van der Waals surface area contributed by atoms with Crippen LogP contribution in [-0.2, 0) is 5.41 Å². The van der Waals surface area contributed by atoms with Gasteiger partial charge in [0.05, 0.1) is 6.07 Å². The van der Waals surface area contributed by atoms with Gasteiger partial charge in [-0.2, -0.15) is 5.26 Å². The molecule has 0 amide bonds. The number of hydrogen-bond acceptors (Lipinski definition) is 1. The van der Waals surface area contributed by atoms with Crippen LogP contribution >= 0.6 is 11.6 Å². The molecule has 1 atom stereocenters. The van der Waals surface area contributed by atoms with Gasteiger partial charge in [-0.25, -0.2) is 0 Å². The van der Waals surface area contributed by atoms with Crippen molar-refractivity contribution in [1.82, 2.24) is 0 Å². The number of nitriles is 1. The number of hydrogen-bond donors (Lipinski definition) is 0. The molecule has 0 fully saturated rings. The van der Waals surface area contributed by atoms with Gasteiger partial charge in [0.2, 0.25) is 0 Å². The van der Waals surface area contributed by atoms with Gasteiger partial charge in [0.15, 0.2) is 0 Å². The Labute approximate surface area is 119 Å². The van der Waals surface area contributed by atoms with Crippen molar-refractivity contribution >= 4 is 11.6 Å². The molecule has 96 valence electrons. The van der Waals surface area contributed by atoms with Crippen molar-refractivity contribution in [2.24, 2.45) is 5.92 Å². The van der Waals surface area contributed by atoms with Gasteiger partial charge in [-0.3, -0.25) is 0 Å². The maximum absolute atomic E-state index is 9.88. The molecule has 0 bridgehead atoms. The molecule has 0 aliphatic heterocycles. The van der Waals surface area contributed by atoms with Crippen molar-refractivity contribution < 1.29 is 0 Å². The Kier molecular flexibility index (Phi) is 4.24. The maximum Gasteiger partial charge on any atom is 0.111 e. The second-order valence-electron chi connectivity index (χ2n) is 4.71. The molecule has 0 aromatic heterocycles. The van der Waals surface area contributed by atoms with Crippen LogP contribution in [0, 0.1) is 17.2 Å². The lowest BCUT2D eigenvalue weighted by atomic mass is 9.68. The second-order valence-corrected chi connectivity index (χ2v) is 5.02. The molecule has 1 nitrogen and oxygen atoms in total. The van der Waals surface area contributed by atoms with Crippen molar-refractivity contribution in [3.8, 4) is 6.07 Å². The fourth-order valence-corrected chi connectivity index (χ4v) is 2.72. The first-order valence-electron chi connectivity index (χ1n) is 6.34. The summed E-state index contributed by atoms with van der Waals surface area (Å²) in [5, 5.41) is 9.88. The summed E-state index contributed by atoms with van der Waals surface area (Å²) in [5.41, 5.74) is 1.30. The van der Waals surface area contributed by atoms with E-state index in [1.165, 1.54) is 0 Å². The Morgan fingerprint density at radius 2 is 1.42 bits per heavy atom. The average molecular weight is 270 g/mol. The van der Waals surface area contributed by atoms with Crippen LogP contribution < -0.4 is 0 Å². The van der Waals surface area contributed by atoms with E-state index in [1.807, 2.05) is 67.6 Å². The Morgan fingerprint density at radius 1 is 1.00 bits per heavy atom. The minimum Gasteiger partial charge on any atom is -0.197 e. The van der Waals surface area contributed by atoms with E-state index >= 15 is 0 Å². The molecule has 2 rings (SSSR count). The van der Waals surface area contributed by atoms with Gasteiger partial charge in [-0.1, -0.05) is 67.6 Å². The molecule has 0 saturated heterocycles. The largest absolute Gasteiger partial charge is 0.197 e. The first-order chi connectivity index (χ1) is 9.25. The number of nitrogens with zero attached hydrogens (tertiary/aromatic N) is 1. The van der Waals surface area contributed by atoms with Crippen LogP contribution in [0.3, 0.4) is 0 Å². The van der Waals surface area contributed by atoms with E-state index in [0.29, 0.717) is 5.88 Å². The zero-order valence-corrected chi connectivity index (χ0v) is 11.6. The second kappa shape index (κ2) is 5.91. The average Bonchev–Trinajstić information content (AvgIpc) is 2.50. The van der Waals surface area contributed by atoms with Crippen LogP contribution in [0.1, 0.15) is 18.1 Å². The third-order valence-corrected chi connectivity index (χ3v) is 4.07. The lowest BCUT2D eigenvalue weighted by molar-refractivity contribution is 0.468. The number of alkyl halides is 1. The number of benzene rings is 2. The monoisotopic (exact) mass is 269 g/mol. The van der Waals surface area contributed by atoms with Gasteiger partial charge in [0.1, 0.15) is 5.41 Å². The van der Waals surface area contributed by atoms with E-state index in [-0.39, 0.29) is 5.92 Å². The third-order valence-electron chi connectivity index (χ3n) is 3.61. The van der Waals surface area contributed by atoms with Crippen molar-refractivity contribution in [2.45, 2.75) is 12.3 Å². The summed E-state index contributed by atoms with van der Waals surface area (Å²) < 4.78 is 0. The molecule has 0 N–H and O–H groups in total. The molecule has 0 heterocycles. The molecular weight excluding hydrogens is 254 g/mol. The van der Waals surface area contributed by atoms with Gasteiger partial charge in [0, 0.05) is 5.88 Å². The molecule has 0 aliphatic carbocycles. The molecule has 19 heavy (non-hydrogen) atoms. The minimum absolute atomic E-state index is 0.0315. The van der Waals surface area contributed by atoms with Crippen LogP contribution in [0.2, 0.25) is 0 Å². The molecule has 0 saturated carbocycles. The fraction of sp³-hybridized carbons (Fsp3) is 0.235. The van der Waals surface area contributed by atoms with Gasteiger partial charge >= 0.3 is 0 Å². The summed E-state index contributed by atoms with van der Waals surface area (Å²) in [6.45, 7) is 2.02. The Bertz CT molecular complexity index is 517. The van der Waals surface area contributed by atoms with Gasteiger partial charge in [-0.05, 0) is 17.0 Å². The summed E-state index contributed by atoms with van der Waals surface area (Å²) in [6, 6.07) is 22.3. The summed E-state index contributed by atoms with van der Waals surface area (Å²) in [4.78, 5) is 0. The predicted octanol–water partition coefficient (Wildman–Crippen LogP) is 4.37. The highest BCUT2D eigenvalue weighted by Crippen LogP contribution is 2.39. The summed E-state index contributed by atoms with van der Waals surface area (Å²) in [5.74, 6) is 0.473. The normalized spacial score (nSPS) is 12.7. The van der Waals surface area contributed by atoms with E-state index in [9.17, 15) is 5.26 Å². The highest BCUT2D eigenvalue weighted by atomic mass is 35.5. The van der Waals surface area contributed by atoms with E-state index in [4.69, 9.17) is 11.6 Å². The molecule has 0 spiro atoms. The zero-order chi connectivity index (χ0) is 13.7. The molecule has 2 aromatic carbocycles. The predicted molar refractivity (Wildman–Crippen MR) is 79.2 cm³/mol. The van der Waals surface area contributed by atoms with E-state index in [0.717, 1.165) is 11.1 Å². The quantitative estimate of drug-likeness (QED) is 0.756. The minimum atomic E-state index is -0.690. The van der Waals surface area contributed by atoms with Crippen LogP contribution in [0.4, 0.5) is 0 Å². The molecular formula is C17H16ClN. The van der Waals surface area contributed by atoms with Crippen molar-refractivity contribution in [1.29, 1.82) is 5.26 Å². The smallest absolute Gasteiger partial charge is 0.111 e. The summed E-state index contributed by atoms with van der Waals surface area (Å²) >= 11 is 6.06. The van der Waals surface area contributed by atoms with E-state index < -0.39 is 5.41 Å². The van der Waals surface area contributed by atoms with Gasteiger partial charge in [-0.15, -0.1) is 11.6 Å². The van der Waals surface area contributed by atoms with Gasteiger partial charge in [0.25, 0.3) is 0 Å². The molecule has 2 aromatic rings. The standard InChI is InChI=1S/C17H16ClN/c1-14(12-18)17(13-19,15-8-4-2-5-9-15)16-10-6-3-7-11-16/h2-11,14H,12H2,1H3/t14-/m1/s1. The highest BCUT2D eigenvalue weighted by Gasteiger charge is 2.39. The number of halogens is 1. The van der Waals surface area contributed by atoms with Crippen LogP contribution in [0.25, 0.3) is 0 Å². The Hall–Kier alpha value is -1.78. The molecule has 0 aliphatic rings. The SMILES string of the molecule is C[C@H](CCl)C(C#N)(c1ccccc1)c1ccccc1. The first-order valence-corrected chi connectivity index (χ1v) is 6.87. The lowest BCUT2D eigenvalue weighted by Crippen LogP contribution is -2.34. The molecule has 0 unspecified atom stereocenters. The molecule has 2 heteroatoms. The van der Waals surface area contributed by atoms with Crippen LogP contribution in [-0.4, -0.2) is 5.88 Å². The summed E-state index contributed by atoms with van der Waals surface area (Å²) in [7, 11) is 0. The first kappa shape index (κ1) is 13.6.